The van der Waals surface area contributed by atoms with Gasteiger partial charge in [-0.25, -0.2) is 0 Å². The van der Waals surface area contributed by atoms with Crippen LogP contribution in [0.3, 0.4) is 0 Å². The van der Waals surface area contributed by atoms with E-state index in [9.17, 15) is 24.0 Å². The second-order valence-corrected chi connectivity index (χ2v) is 15.2. The largest absolute Gasteiger partial charge is 0.354 e. The molecule has 1 aromatic carbocycles. The van der Waals surface area contributed by atoms with Crippen LogP contribution in [-0.2, 0) is 30.4 Å². The Morgan fingerprint density at radius 3 is 1.73 bits per heavy atom. The Labute approximate surface area is 288 Å². The zero-order valence-corrected chi connectivity index (χ0v) is 30.4. The van der Waals surface area contributed by atoms with Crippen LogP contribution >= 0.6 is 0 Å². The molecule has 0 spiro atoms. The molecule has 11 heteroatoms. The molecule has 5 atom stereocenters. The van der Waals surface area contributed by atoms with Crippen molar-refractivity contribution in [1.29, 1.82) is 0 Å². The minimum absolute atomic E-state index is 0.112. The van der Waals surface area contributed by atoms with Crippen LogP contribution in [-0.4, -0.2) is 66.3 Å². The van der Waals surface area contributed by atoms with Crippen molar-refractivity contribution < 1.29 is 24.0 Å². The van der Waals surface area contributed by atoms with Crippen molar-refractivity contribution in [1.82, 2.24) is 26.6 Å². The summed E-state index contributed by atoms with van der Waals surface area (Å²) < 4.78 is 0. The van der Waals surface area contributed by atoms with E-state index in [1.54, 1.807) is 0 Å². The molecule has 0 bridgehead atoms. The van der Waals surface area contributed by atoms with Crippen molar-refractivity contribution in [3.63, 3.8) is 0 Å². The quantitative estimate of drug-likeness (QED) is 0.117. The molecule has 0 aromatic heterocycles. The summed E-state index contributed by atoms with van der Waals surface area (Å²) in [5.41, 5.74) is 7.56. The molecule has 2 rings (SSSR count). The van der Waals surface area contributed by atoms with Gasteiger partial charge >= 0.3 is 0 Å². The Hall–Kier alpha value is -3.47. The van der Waals surface area contributed by atoms with E-state index >= 15 is 0 Å². The summed E-state index contributed by atoms with van der Waals surface area (Å²) in [7, 11) is 0. The fourth-order valence-electron chi connectivity index (χ4n) is 5.57. The molecule has 1 fully saturated rings. The molecule has 1 aliphatic carbocycles. The lowest BCUT2D eigenvalue weighted by Gasteiger charge is -2.30. The molecule has 1 aromatic rings. The van der Waals surface area contributed by atoms with Crippen LogP contribution in [0.2, 0.25) is 0 Å². The van der Waals surface area contributed by atoms with E-state index in [0.717, 1.165) is 18.4 Å². The van der Waals surface area contributed by atoms with E-state index in [1.165, 1.54) is 0 Å². The molecule has 1 aliphatic rings. The zero-order chi connectivity index (χ0) is 36.0. The van der Waals surface area contributed by atoms with E-state index < -0.39 is 42.0 Å². The normalized spacial score (nSPS) is 16.2. The first-order valence-corrected chi connectivity index (χ1v) is 17.8. The standard InChI is InChI=1S/C37H62N6O5/c1-22(2)16-30(35(46)39-21-27-14-15-27)40-33(45)20-28(38)29(19-26-12-10-9-11-13-26)42-37(48)34(25(7)8)43-36(47)31(17-23(3)4)41-32(44)18-24(5)6/h9-13,22-25,27-31,34H,14-21,38H2,1-8H3,(H,39,46)(H,40,45)(H,41,44)(H,42,48)(H,43,47)/t28-,29-,30-,31-,34-/m0/s1. The van der Waals surface area contributed by atoms with Crippen LogP contribution in [0, 0.1) is 29.6 Å². The van der Waals surface area contributed by atoms with Crippen LogP contribution in [0.1, 0.15) is 99.5 Å². The van der Waals surface area contributed by atoms with Crippen LogP contribution < -0.4 is 32.3 Å². The number of nitrogens with one attached hydrogen (secondary N) is 5. The molecule has 1 saturated carbocycles. The number of hydrogen-bond donors (Lipinski definition) is 6. The summed E-state index contributed by atoms with van der Waals surface area (Å²) in [4.78, 5) is 66.1. The van der Waals surface area contributed by atoms with Crippen molar-refractivity contribution in [3.8, 4) is 0 Å². The van der Waals surface area contributed by atoms with Gasteiger partial charge in [0.2, 0.25) is 29.5 Å². The molecule has 0 aliphatic heterocycles. The molecule has 0 saturated heterocycles. The first-order valence-electron chi connectivity index (χ1n) is 17.8. The molecule has 11 nitrogen and oxygen atoms in total. The lowest BCUT2D eigenvalue weighted by atomic mass is 9.95. The summed E-state index contributed by atoms with van der Waals surface area (Å²) in [5.74, 6) is -0.921. The number of rotatable bonds is 21. The number of benzene rings is 1. The van der Waals surface area contributed by atoms with Gasteiger partial charge in [-0.05, 0) is 67.3 Å². The molecule has 0 heterocycles. The van der Waals surface area contributed by atoms with Gasteiger partial charge < -0.3 is 32.3 Å². The van der Waals surface area contributed by atoms with Gasteiger partial charge in [-0.3, -0.25) is 24.0 Å². The summed E-state index contributed by atoms with van der Waals surface area (Å²) >= 11 is 0. The predicted molar refractivity (Wildman–Crippen MR) is 189 cm³/mol. The highest BCUT2D eigenvalue weighted by Gasteiger charge is 2.33. The van der Waals surface area contributed by atoms with Crippen molar-refractivity contribution >= 4 is 29.5 Å². The van der Waals surface area contributed by atoms with E-state index in [4.69, 9.17) is 5.73 Å². The highest BCUT2D eigenvalue weighted by molar-refractivity contribution is 5.92. The molecular weight excluding hydrogens is 608 g/mol. The minimum Gasteiger partial charge on any atom is -0.354 e. The maximum absolute atomic E-state index is 13.8. The fourth-order valence-corrected chi connectivity index (χ4v) is 5.57. The SMILES string of the molecule is CC(C)CC(=O)N[C@@H](CC(C)C)C(=O)N[C@H](C(=O)N[C@@H](Cc1ccccc1)[C@@H](N)CC(=O)N[C@@H](CC(C)C)C(=O)NCC1CC1)C(C)C. The van der Waals surface area contributed by atoms with Crippen LogP contribution in [0.4, 0.5) is 0 Å². The molecule has 7 N–H and O–H groups in total. The Morgan fingerprint density at radius 1 is 0.688 bits per heavy atom. The van der Waals surface area contributed by atoms with E-state index in [1.807, 2.05) is 85.7 Å². The summed E-state index contributed by atoms with van der Waals surface area (Å²) in [6, 6.07) is 5.74. The highest BCUT2D eigenvalue weighted by Crippen LogP contribution is 2.27. The van der Waals surface area contributed by atoms with Gasteiger partial charge in [0.25, 0.3) is 0 Å². The molecule has 0 radical (unpaired) electrons. The van der Waals surface area contributed by atoms with E-state index in [0.29, 0.717) is 38.1 Å². The second kappa shape index (κ2) is 20.1. The third-order valence-corrected chi connectivity index (χ3v) is 8.38. The molecular formula is C37H62N6O5. The maximum atomic E-state index is 13.8. The van der Waals surface area contributed by atoms with Gasteiger partial charge in [0.1, 0.15) is 18.1 Å². The summed E-state index contributed by atoms with van der Waals surface area (Å²) in [5, 5.41) is 14.6. The van der Waals surface area contributed by atoms with Gasteiger partial charge in [0.05, 0.1) is 0 Å². The number of nitrogens with two attached hydrogens (primary N) is 1. The van der Waals surface area contributed by atoms with Gasteiger partial charge in [-0.2, -0.15) is 0 Å². The van der Waals surface area contributed by atoms with Gasteiger partial charge in [-0.1, -0.05) is 85.7 Å². The van der Waals surface area contributed by atoms with Gasteiger partial charge in [-0.15, -0.1) is 0 Å². The van der Waals surface area contributed by atoms with E-state index in [-0.39, 0.29) is 47.8 Å². The fraction of sp³-hybridized carbons (Fsp3) is 0.703. The van der Waals surface area contributed by atoms with Crippen molar-refractivity contribution in [2.24, 2.45) is 35.3 Å². The van der Waals surface area contributed by atoms with Gasteiger partial charge in [0.15, 0.2) is 0 Å². The van der Waals surface area contributed by atoms with Crippen molar-refractivity contribution in [2.75, 3.05) is 6.54 Å². The van der Waals surface area contributed by atoms with Crippen LogP contribution in [0.5, 0.6) is 0 Å². The zero-order valence-electron chi connectivity index (χ0n) is 30.4. The topological polar surface area (TPSA) is 172 Å². The third-order valence-electron chi connectivity index (χ3n) is 8.38. The molecule has 270 valence electrons. The number of carbonyl (C=O) groups excluding carboxylic acids is 5. The lowest BCUT2D eigenvalue weighted by molar-refractivity contribution is -0.133. The van der Waals surface area contributed by atoms with Crippen LogP contribution in [0.15, 0.2) is 30.3 Å². The van der Waals surface area contributed by atoms with Crippen molar-refractivity contribution in [2.45, 2.75) is 131 Å². The number of amides is 5. The Morgan fingerprint density at radius 2 is 1.23 bits per heavy atom. The monoisotopic (exact) mass is 670 g/mol. The first kappa shape index (κ1) is 40.7. The second-order valence-electron chi connectivity index (χ2n) is 15.2. The van der Waals surface area contributed by atoms with Crippen molar-refractivity contribution in [3.05, 3.63) is 35.9 Å². The Bertz CT molecular complexity index is 1180. The predicted octanol–water partition coefficient (Wildman–Crippen LogP) is 3.21. The van der Waals surface area contributed by atoms with Gasteiger partial charge in [0, 0.05) is 31.5 Å². The maximum Gasteiger partial charge on any atom is 0.243 e. The summed E-state index contributed by atoms with van der Waals surface area (Å²) in [6.07, 6.45) is 3.69. The Balaban J connectivity index is 2.19. The Kier molecular flexibility index (Phi) is 17.1. The first-order chi connectivity index (χ1) is 22.5. The number of carbonyl (C=O) groups is 5. The minimum atomic E-state index is -0.904. The molecule has 0 unspecified atom stereocenters. The molecule has 5 amide bonds. The van der Waals surface area contributed by atoms with Crippen LogP contribution in [0.25, 0.3) is 0 Å². The third kappa shape index (κ3) is 15.6. The average molecular weight is 671 g/mol. The average Bonchev–Trinajstić information content (AvgIpc) is 3.81. The molecule has 48 heavy (non-hydrogen) atoms. The number of hydrogen-bond acceptors (Lipinski definition) is 6. The van der Waals surface area contributed by atoms with E-state index in [2.05, 4.69) is 26.6 Å². The smallest absolute Gasteiger partial charge is 0.243 e. The summed E-state index contributed by atoms with van der Waals surface area (Å²) in [6.45, 7) is 16.1. The lowest BCUT2D eigenvalue weighted by Crippen LogP contribution is -2.59. The highest BCUT2D eigenvalue weighted by atomic mass is 16.2.